The lowest BCUT2D eigenvalue weighted by molar-refractivity contribution is -0.143. The molecule has 1 aromatic rings. The van der Waals surface area contributed by atoms with Gasteiger partial charge in [-0.1, -0.05) is 12.1 Å². The highest BCUT2D eigenvalue weighted by Crippen LogP contribution is 2.13. The molecule has 1 rings (SSSR count). The number of rotatable bonds is 12. The Balaban J connectivity index is 2.98. The molecule has 2 atom stereocenters. The molecule has 3 amide bonds. The Hall–Kier alpha value is -2.95. The minimum atomic E-state index is -1.05. The third-order valence-electron chi connectivity index (χ3n) is 4.34. The number of hydrogen-bond donors (Lipinski definition) is 4. The minimum absolute atomic E-state index is 0.0697. The van der Waals surface area contributed by atoms with Gasteiger partial charge < -0.3 is 30.5 Å². The van der Waals surface area contributed by atoms with Gasteiger partial charge in [-0.3, -0.25) is 14.4 Å². The van der Waals surface area contributed by atoms with Gasteiger partial charge in [-0.25, -0.2) is 4.79 Å². The molecule has 0 radical (unpaired) electrons. The molecule has 0 spiro atoms. The average Bonchev–Trinajstić information content (AvgIpc) is 2.74. The van der Waals surface area contributed by atoms with Crippen LogP contribution in [0.15, 0.2) is 24.3 Å². The van der Waals surface area contributed by atoms with Crippen LogP contribution in [0.5, 0.6) is 5.75 Å². The van der Waals surface area contributed by atoms with Crippen LogP contribution < -0.4 is 16.0 Å². The minimum Gasteiger partial charge on any atom is -0.508 e. The Morgan fingerprint density at radius 3 is 2.24 bits per heavy atom. The number of aromatic hydroxyl groups is 1. The van der Waals surface area contributed by atoms with Crippen LogP contribution in [0.4, 0.5) is 4.79 Å². The molecule has 34 heavy (non-hydrogen) atoms. The van der Waals surface area contributed by atoms with Crippen LogP contribution in [-0.2, 0) is 30.3 Å². The summed E-state index contributed by atoms with van der Waals surface area (Å²) in [7, 11) is 0. The molecule has 4 N–H and O–H groups in total. The molecule has 0 saturated carbocycles. The zero-order valence-corrected chi connectivity index (χ0v) is 21.1. The number of amides is 3. The molecule has 0 aliphatic heterocycles. The summed E-state index contributed by atoms with van der Waals surface area (Å²) in [6.07, 6.45) is 1.51. The fraction of sp³-hybridized carbons (Fsp3) is 0.565. The third-order valence-corrected chi connectivity index (χ3v) is 4.98. The van der Waals surface area contributed by atoms with Gasteiger partial charge >= 0.3 is 12.1 Å². The molecular formula is C23H35N3O7S. The van der Waals surface area contributed by atoms with Crippen LogP contribution in [0, 0.1) is 0 Å². The number of hydrogen-bond acceptors (Lipinski definition) is 8. The standard InChI is InChI=1S/C23H35N3O7S/c1-6-32-19(28)14-24-20(29)17(11-12-34-5)25-21(30)18(26-22(31)33-23(2,3)4)13-15-7-9-16(27)10-8-15/h7-10,17-18,27H,6,11-14H2,1-5H3,(H,24,29)(H,25,30)(H,26,31)/t17-,18+/m0/s1. The van der Waals surface area contributed by atoms with Gasteiger partial charge in [0, 0.05) is 6.42 Å². The lowest BCUT2D eigenvalue weighted by Gasteiger charge is -2.25. The molecule has 10 nitrogen and oxygen atoms in total. The Morgan fingerprint density at radius 2 is 1.68 bits per heavy atom. The second kappa shape index (κ2) is 14.3. The van der Waals surface area contributed by atoms with E-state index >= 15 is 0 Å². The quantitative estimate of drug-likeness (QED) is 0.320. The number of ether oxygens (including phenoxy) is 2. The molecule has 11 heteroatoms. The number of thioether (sulfide) groups is 1. The number of phenolic OH excluding ortho intramolecular Hbond substituents is 1. The average molecular weight is 498 g/mol. The summed E-state index contributed by atoms with van der Waals surface area (Å²) in [6.45, 7) is 6.64. The monoisotopic (exact) mass is 497 g/mol. The van der Waals surface area contributed by atoms with Gasteiger partial charge in [0.25, 0.3) is 0 Å². The van der Waals surface area contributed by atoms with Crippen molar-refractivity contribution < 1.29 is 33.8 Å². The zero-order valence-electron chi connectivity index (χ0n) is 20.3. The summed E-state index contributed by atoms with van der Waals surface area (Å²) in [5, 5.41) is 17.2. The van der Waals surface area contributed by atoms with Crippen molar-refractivity contribution in [2.75, 3.05) is 25.2 Å². The topological polar surface area (TPSA) is 143 Å². The molecule has 1 aromatic carbocycles. The van der Waals surface area contributed by atoms with Gasteiger partial charge in [-0.15, -0.1) is 0 Å². The lowest BCUT2D eigenvalue weighted by Crippen LogP contribution is -2.55. The predicted octanol–water partition coefficient (Wildman–Crippen LogP) is 1.75. The molecular weight excluding hydrogens is 462 g/mol. The Bertz CT molecular complexity index is 825. The molecule has 0 fully saturated rings. The van der Waals surface area contributed by atoms with Crippen molar-refractivity contribution in [3.8, 4) is 5.75 Å². The molecule has 0 aliphatic carbocycles. The van der Waals surface area contributed by atoms with Gasteiger partial charge in [-0.2, -0.15) is 11.8 Å². The van der Waals surface area contributed by atoms with Crippen molar-refractivity contribution in [2.45, 2.75) is 58.2 Å². The summed E-state index contributed by atoms with van der Waals surface area (Å²) in [6, 6.07) is 4.24. The van der Waals surface area contributed by atoms with Crippen molar-refractivity contribution in [3.63, 3.8) is 0 Å². The maximum absolute atomic E-state index is 13.1. The number of carbonyl (C=O) groups excluding carboxylic acids is 4. The SMILES string of the molecule is CCOC(=O)CNC(=O)[C@H](CCSC)NC(=O)[C@@H](Cc1ccc(O)cc1)NC(=O)OC(C)(C)C. The largest absolute Gasteiger partial charge is 0.508 e. The van der Waals surface area contributed by atoms with Crippen molar-refractivity contribution in [3.05, 3.63) is 29.8 Å². The van der Waals surface area contributed by atoms with Gasteiger partial charge in [0.05, 0.1) is 6.61 Å². The molecule has 0 aliphatic rings. The van der Waals surface area contributed by atoms with E-state index in [1.165, 1.54) is 23.9 Å². The number of benzene rings is 1. The first-order valence-electron chi connectivity index (χ1n) is 10.9. The predicted molar refractivity (Wildman–Crippen MR) is 130 cm³/mol. The second-order valence-electron chi connectivity index (χ2n) is 8.43. The van der Waals surface area contributed by atoms with E-state index in [1.807, 2.05) is 6.26 Å². The van der Waals surface area contributed by atoms with Crippen molar-refractivity contribution in [1.29, 1.82) is 0 Å². The number of alkyl carbamates (subject to hydrolysis) is 1. The molecule has 0 heterocycles. The lowest BCUT2D eigenvalue weighted by atomic mass is 10.0. The van der Waals surface area contributed by atoms with Gasteiger partial charge in [-0.05, 0) is 63.8 Å². The first kappa shape index (κ1) is 29.1. The van der Waals surface area contributed by atoms with Crippen molar-refractivity contribution >= 4 is 35.6 Å². The molecule has 0 unspecified atom stereocenters. The van der Waals surface area contributed by atoms with E-state index in [9.17, 15) is 24.3 Å². The van der Waals surface area contributed by atoms with Gasteiger partial charge in [0.2, 0.25) is 11.8 Å². The highest BCUT2D eigenvalue weighted by Gasteiger charge is 2.28. The van der Waals surface area contributed by atoms with E-state index in [-0.39, 0.29) is 25.3 Å². The summed E-state index contributed by atoms with van der Waals surface area (Å²) in [5.74, 6) is -1.05. The van der Waals surface area contributed by atoms with Gasteiger partial charge in [0.1, 0.15) is 30.0 Å². The summed E-state index contributed by atoms with van der Waals surface area (Å²) in [4.78, 5) is 49.7. The van der Waals surface area contributed by atoms with E-state index in [2.05, 4.69) is 16.0 Å². The normalized spacial score (nSPS) is 12.7. The smallest absolute Gasteiger partial charge is 0.408 e. The summed E-state index contributed by atoms with van der Waals surface area (Å²) < 4.78 is 10.1. The van der Waals surface area contributed by atoms with Crippen LogP contribution in [-0.4, -0.2) is 71.8 Å². The Labute approximate surface area is 204 Å². The van der Waals surface area contributed by atoms with E-state index in [4.69, 9.17) is 9.47 Å². The Kier molecular flexibility index (Phi) is 12.3. The Morgan fingerprint density at radius 1 is 1.03 bits per heavy atom. The maximum atomic E-state index is 13.1. The van der Waals surface area contributed by atoms with E-state index in [0.717, 1.165) is 0 Å². The summed E-state index contributed by atoms with van der Waals surface area (Å²) >= 11 is 1.50. The second-order valence-corrected chi connectivity index (χ2v) is 9.42. The number of nitrogens with one attached hydrogen (secondary N) is 3. The van der Waals surface area contributed by atoms with E-state index < -0.39 is 41.6 Å². The van der Waals surface area contributed by atoms with Crippen LogP contribution in [0.2, 0.25) is 0 Å². The highest BCUT2D eigenvalue weighted by atomic mass is 32.2. The van der Waals surface area contributed by atoms with Crippen LogP contribution in [0.3, 0.4) is 0 Å². The third kappa shape index (κ3) is 11.8. The van der Waals surface area contributed by atoms with E-state index in [1.54, 1.807) is 39.8 Å². The van der Waals surface area contributed by atoms with Crippen LogP contribution in [0.25, 0.3) is 0 Å². The molecule has 190 valence electrons. The number of phenols is 1. The fourth-order valence-electron chi connectivity index (χ4n) is 2.80. The van der Waals surface area contributed by atoms with Crippen molar-refractivity contribution in [2.24, 2.45) is 0 Å². The highest BCUT2D eigenvalue weighted by molar-refractivity contribution is 7.98. The molecule has 0 bridgehead atoms. The van der Waals surface area contributed by atoms with Crippen molar-refractivity contribution in [1.82, 2.24) is 16.0 Å². The maximum Gasteiger partial charge on any atom is 0.408 e. The summed E-state index contributed by atoms with van der Waals surface area (Å²) in [5.41, 5.74) is -0.0845. The number of esters is 1. The van der Waals surface area contributed by atoms with Crippen LogP contribution in [0.1, 0.15) is 39.7 Å². The van der Waals surface area contributed by atoms with Crippen LogP contribution >= 0.6 is 11.8 Å². The van der Waals surface area contributed by atoms with Gasteiger partial charge in [0.15, 0.2) is 0 Å². The van der Waals surface area contributed by atoms with E-state index in [0.29, 0.717) is 17.7 Å². The molecule has 0 aromatic heterocycles. The fourth-order valence-corrected chi connectivity index (χ4v) is 3.27. The molecule has 0 saturated heterocycles. The first-order valence-corrected chi connectivity index (χ1v) is 12.3. The zero-order chi connectivity index (χ0) is 25.7. The number of carbonyl (C=O) groups is 4. The first-order chi connectivity index (χ1) is 15.9.